The molecule has 0 bridgehead atoms. The fraction of sp³-hybridized carbons (Fsp3) is 0.231. The third-order valence-corrected chi connectivity index (χ3v) is 4.42. The van der Waals surface area contributed by atoms with Gasteiger partial charge in [-0.2, -0.15) is 0 Å². The average molecular weight is 267 g/mol. The summed E-state index contributed by atoms with van der Waals surface area (Å²) in [5, 5.41) is 2.06. The molecule has 1 aromatic carbocycles. The third kappa shape index (κ3) is 4.15. The van der Waals surface area contributed by atoms with Gasteiger partial charge in [0.15, 0.2) is 0 Å². The molecule has 0 spiro atoms. The predicted molar refractivity (Wildman–Crippen MR) is 73.1 cm³/mol. The number of rotatable bonds is 5. The molecule has 1 aromatic heterocycles. The molecule has 0 saturated heterocycles. The van der Waals surface area contributed by atoms with Gasteiger partial charge in [-0.25, -0.2) is 4.39 Å². The topological polar surface area (TPSA) is 26.0 Å². The average Bonchev–Trinajstić information content (AvgIpc) is 2.81. The molecule has 1 unspecified atom stereocenters. The van der Waals surface area contributed by atoms with Crippen molar-refractivity contribution in [3.05, 3.63) is 52.5 Å². The van der Waals surface area contributed by atoms with E-state index in [9.17, 15) is 4.39 Å². The number of hydrogen-bond acceptors (Lipinski definition) is 3. The van der Waals surface area contributed by atoms with Crippen LogP contribution in [-0.4, -0.2) is 11.8 Å². The normalized spacial score (nSPS) is 12.6. The van der Waals surface area contributed by atoms with Gasteiger partial charge in [0.25, 0.3) is 0 Å². The fourth-order valence-corrected chi connectivity index (χ4v) is 3.13. The highest BCUT2D eigenvalue weighted by Gasteiger charge is 2.05. The molecule has 1 atom stereocenters. The van der Waals surface area contributed by atoms with Crippen molar-refractivity contribution in [2.75, 3.05) is 5.75 Å². The van der Waals surface area contributed by atoms with Gasteiger partial charge in [0.1, 0.15) is 5.82 Å². The van der Waals surface area contributed by atoms with E-state index in [1.807, 2.05) is 6.07 Å². The molecule has 4 heteroatoms. The van der Waals surface area contributed by atoms with Gasteiger partial charge in [-0.15, -0.1) is 23.1 Å². The summed E-state index contributed by atoms with van der Waals surface area (Å²) >= 11 is 3.41. The first-order valence-electron chi connectivity index (χ1n) is 5.40. The van der Waals surface area contributed by atoms with E-state index in [0.717, 1.165) is 17.1 Å². The molecule has 0 saturated carbocycles. The van der Waals surface area contributed by atoms with Gasteiger partial charge in [0.05, 0.1) is 0 Å². The van der Waals surface area contributed by atoms with Crippen LogP contribution in [0.4, 0.5) is 4.39 Å². The Hall–Kier alpha value is -0.840. The van der Waals surface area contributed by atoms with Gasteiger partial charge in [0.2, 0.25) is 0 Å². The van der Waals surface area contributed by atoms with Crippen LogP contribution in [0.2, 0.25) is 0 Å². The van der Waals surface area contributed by atoms with Crippen molar-refractivity contribution in [1.82, 2.24) is 0 Å². The molecule has 2 rings (SSSR count). The Kier molecular flexibility index (Phi) is 4.59. The Balaban J connectivity index is 1.79. The molecule has 1 nitrogen and oxygen atoms in total. The first kappa shape index (κ1) is 12.6. The number of nitrogens with two attached hydrogens (primary N) is 1. The van der Waals surface area contributed by atoms with Crippen LogP contribution < -0.4 is 5.73 Å². The van der Waals surface area contributed by atoms with E-state index >= 15 is 0 Å². The SMILES string of the molecule is NC(CSc1ccc(F)cc1)Cc1cccs1. The molecule has 1 heterocycles. The summed E-state index contributed by atoms with van der Waals surface area (Å²) in [5.41, 5.74) is 6.05. The standard InChI is InChI=1S/C13H14FNS2/c14-10-3-5-12(6-4-10)17-9-11(15)8-13-2-1-7-16-13/h1-7,11H,8-9,15H2. The summed E-state index contributed by atoms with van der Waals surface area (Å²) in [6, 6.07) is 10.8. The lowest BCUT2D eigenvalue weighted by Crippen LogP contribution is -2.25. The Morgan fingerprint density at radius 2 is 2.00 bits per heavy atom. The van der Waals surface area contributed by atoms with Gasteiger partial charge >= 0.3 is 0 Å². The van der Waals surface area contributed by atoms with Crippen molar-refractivity contribution in [2.45, 2.75) is 17.4 Å². The van der Waals surface area contributed by atoms with Crippen LogP contribution >= 0.6 is 23.1 Å². The van der Waals surface area contributed by atoms with Gasteiger partial charge in [-0.05, 0) is 42.1 Å². The van der Waals surface area contributed by atoms with Gasteiger partial charge < -0.3 is 5.73 Å². The Labute approximate surface area is 109 Å². The maximum atomic E-state index is 12.7. The summed E-state index contributed by atoms with van der Waals surface area (Å²) < 4.78 is 12.7. The molecule has 2 N–H and O–H groups in total. The lowest BCUT2D eigenvalue weighted by atomic mass is 10.2. The molecule has 0 amide bonds. The minimum absolute atomic E-state index is 0.142. The maximum Gasteiger partial charge on any atom is 0.123 e. The molecule has 0 aliphatic carbocycles. The Bertz CT molecular complexity index is 439. The predicted octanol–water partition coefficient (Wildman–Crippen LogP) is 3.55. The monoisotopic (exact) mass is 267 g/mol. The first-order valence-corrected chi connectivity index (χ1v) is 7.27. The Morgan fingerprint density at radius 1 is 1.24 bits per heavy atom. The summed E-state index contributed by atoms with van der Waals surface area (Å²) in [6.07, 6.45) is 0.909. The second kappa shape index (κ2) is 6.19. The second-order valence-electron chi connectivity index (χ2n) is 3.81. The highest BCUT2D eigenvalue weighted by atomic mass is 32.2. The van der Waals surface area contributed by atoms with E-state index in [1.165, 1.54) is 17.0 Å². The van der Waals surface area contributed by atoms with Gasteiger partial charge in [0, 0.05) is 21.6 Å². The van der Waals surface area contributed by atoms with E-state index in [0.29, 0.717) is 0 Å². The zero-order valence-corrected chi connectivity index (χ0v) is 10.9. The van der Waals surface area contributed by atoms with Crippen LogP contribution in [0.5, 0.6) is 0 Å². The summed E-state index contributed by atoms with van der Waals surface area (Å²) in [4.78, 5) is 2.38. The smallest absolute Gasteiger partial charge is 0.123 e. The molecule has 2 aromatic rings. The van der Waals surface area contributed by atoms with Crippen molar-refractivity contribution in [1.29, 1.82) is 0 Å². The summed E-state index contributed by atoms with van der Waals surface area (Å²) in [5.74, 6) is 0.654. The van der Waals surface area contributed by atoms with E-state index in [4.69, 9.17) is 5.73 Å². The van der Waals surface area contributed by atoms with Crippen LogP contribution in [0.15, 0.2) is 46.7 Å². The number of thioether (sulfide) groups is 1. The molecule has 17 heavy (non-hydrogen) atoms. The van der Waals surface area contributed by atoms with Crippen molar-refractivity contribution in [3.63, 3.8) is 0 Å². The summed E-state index contributed by atoms with van der Waals surface area (Å²) in [7, 11) is 0. The molecule has 0 radical (unpaired) electrons. The molecular weight excluding hydrogens is 253 g/mol. The lowest BCUT2D eigenvalue weighted by Gasteiger charge is -2.09. The fourth-order valence-electron chi connectivity index (χ4n) is 1.48. The maximum absolute atomic E-state index is 12.7. The van der Waals surface area contributed by atoms with Crippen molar-refractivity contribution >= 4 is 23.1 Å². The van der Waals surface area contributed by atoms with E-state index in [-0.39, 0.29) is 11.9 Å². The van der Waals surface area contributed by atoms with Crippen LogP contribution in [-0.2, 0) is 6.42 Å². The second-order valence-corrected chi connectivity index (χ2v) is 5.93. The largest absolute Gasteiger partial charge is 0.327 e. The van der Waals surface area contributed by atoms with Crippen molar-refractivity contribution in [2.24, 2.45) is 5.73 Å². The minimum atomic E-state index is -0.197. The number of thiophene rings is 1. The van der Waals surface area contributed by atoms with E-state index in [2.05, 4.69) is 11.4 Å². The number of benzene rings is 1. The molecule has 90 valence electrons. The molecule has 0 fully saturated rings. The number of halogens is 1. The van der Waals surface area contributed by atoms with Crippen LogP contribution in [0.3, 0.4) is 0 Å². The van der Waals surface area contributed by atoms with Crippen molar-refractivity contribution in [3.8, 4) is 0 Å². The highest BCUT2D eigenvalue weighted by molar-refractivity contribution is 7.99. The zero-order chi connectivity index (χ0) is 12.1. The molecule has 0 aliphatic rings. The number of hydrogen-bond donors (Lipinski definition) is 1. The quantitative estimate of drug-likeness (QED) is 0.838. The molecule has 0 aliphatic heterocycles. The third-order valence-electron chi connectivity index (χ3n) is 2.32. The van der Waals surface area contributed by atoms with Crippen LogP contribution in [0.1, 0.15) is 4.88 Å². The van der Waals surface area contributed by atoms with Gasteiger partial charge in [-0.1, -0.05) is 6.07 Å². The van der Waals surface area contributed by atoms with E-state index < -0.39 is 0 Å². The summed E-state index contributed by atoms with van der Waals surface area (Å²) in [6.45, 7) is 0. The Morgan fingerprint density at radius 3 is 2.65 bits per heavy atom. The van der Waals surface area contributed by atoms with Crippen molar-refractivity contribution < 1.29 is 4.39 Å². The first-order chi connectivity index (χ1) is 8.24. The van der Waals surface area contributed by atoms with Crippen LogP contribution in [0.25, 0.3) is 0 Å². The minimum Gasteiger partial charge on any atom is -0.327 e. The van der Waals surface area contributed by atoms with E-state index in [1.54, 1.807) is 35.2 Å². The van der Waals surface area contributed by atoms with Gasteiger partial charge in [-0.3, -0.25) is 0 Å². The lowest BCUT2D eigenvalue weighted by molar-refractivity contribution is 0.626. The highest BCUT2D eigenvalue weighted by Crippen LogP contribution is 2.20. The molecular formula is C13H14FNS2. The van der Waals surface area contributed by atoms with Crippen LogP contribution in [0, 0.1) is 5.82 Å². The zero-order valence-electron chi connectivity index (χ0n) is 9.30.